The summed E-state index contributed by atoms with van der Waals surface area (Å²) in [5.41, 5.74) is 2.56. The molecule has 1 saturated heterocycles. The highest BCUT2D eigenvalue weighted by molar-refractivity contribution is 6.31. The van der Waals surface area contributed by atoms with Crippen molar-refractivity contribution in [1.82, 2.24) is 5.32 Å². The Labute approximate surface area is 128 Å². The van der Waals surface area contributed by atoms with Gasteiger partial charge in [0.25, 0.3) is 0 Å². The summed E-state index contributed by atoms with van der Waals surface area (Å²) in [7, 11) is 0. The normalized spacial score (nSPS) is 22.8. The van der Waals surface area contributed by atoms with E-state index in [0.29, 0.717) is 12.0 Å². The Bertz CT molecular complexity index is 445. The van der Waals surface area contributed by atoms with E-state index in [4.69, 9.17) is 11.6 Å². The van der Waals surface area contributed by atoms with E-state index >= 15 is 0 Å². The van der Waals surface area contributed by atoms with Crippen molar-refractivity contribution in [3.8, 4) is 0 Å². The van der Waals surface area contributed by atoms with Crippen molar-refractivity contribution < 1.29 is 0 Å². The van der Waals surface area contributed by atoms with Crippen LogP contribution in [0.3, 0.4) is 0 Å². The van der Waals surface area contributed by atoms with Crippen LogP contribution < -0.4 is 10.2 Å². The molecule has 2 rings (SSSR count). The lowest BCUT2D eigenvalue weighted by Gasteiger charge is -2.27. The van der Waals surface area contributed by atoms with Crippen LogP contribution in [0.2, 0.25) is 5.02 Å². The number of benzene rings is 1. The summed E-state index contributed by atoms with van der Waals surface area (Å²) in [5, 5.41) is 4.40. The first-order valence-electron chi connectivity index (χ1n) is 7.73. The van der Waals surface area contributed by atoms with Gasteiger partial charge in [0.15, 0.2) is 0 Å². The Hall–Kier alpha value is -0.730. The second-order valence-corrected chi connectivity index (χ2v) is 7.01. The molecule has 1 fully saturated rings. The van der Waals surface area contributed by atoms with Crippen molar-refractivity contribution in [2.45, 2.75) is 46.7 Å². The molecule has 2 atom stereocenters. The minimum absolute atomic E-state index is 0.604. The van der Waals surface area contributed by atoms with E-state index in [1.54, 1.807) is 0 Å². The van der Waals surface area contributed by atoms with Crippen LogP contribution in [0, 0.1) is 11.8 Å². The third kappa shape index (κ3) is 3.67. The van der Waals surface area contributed by atoms with Crippen LogP contribution in [-0.4, -0.2) is 19.1 Å². The fraction of sp³-hybridized carbons (Fsp3) is 0.647. The van der Waals surface area contributed by atoms with Crippen molar-refractivity contribution in [2.24, 2.45) is 11.8 Å². The van der Waals surface area contributed by atoms with Gasteiger partial charge in [-0.1, -0.05) is 38.4 Å². The Morgan fingerprint density at radius 1 is 1.35 bits per heavy atom. The van der Waals surface area contributed by atoms with Gasteiger partial charge in [-0.15, -0.1) is 0 Å². The van der Waals surface area contributed by atoms with E-state index in [1.807, 2.05) is 6.07 Å². The standard InChI is InChI=1S/C17H27ClN2/c1-12(2)9-19-10-15-16(18)6-5-7-17(15)20-11-13(3)8-14(20)4/h5-7,12-14,19H,8-11H2,1-4H3. The fourth-order valence-electron chi connectivity index (χ4n) is 3.11. The zero-order chi connectivity index (χ0) is 14.7. The number of nitrogens with zero attached hydrogens (tertiary/aromatic N) is 1. The number of rotatable bonds is 5. The molecule has 2 nitrogen and oxygen atoms in total. The zero-order valence-electron chi connectivity index (χ0n) is 13.1. The molecule has 1 aliphatic heterocycles. The maximum atomic E-state index is 6.44. The monoisotopic (exact) mass is 294 g/mol. The molecule has 1 N–H and O–H groups in total. The molecule has 20 heavy (non-hydrogen) atoms. The van der Waals surface area contributed by atoms with E-state index in [-0.39, 0.29) is 0 Å². The number of anilines is 1. The lowest BCUT2D eigenvalue weighted by atomic mass is 10.1. The van der Waals surface area contributed by atoms with E-state index < -0.39 is 0 Å². The first-order chi connectivity index (χ1) is 9.49. The largest absolute Gasteiger partial charge is 0.368 e. The lowest BCUT2D eigenvalue weighted by molar-refractivity contribution is 0.551. The molecule has 0 amide bonds. The van der Waals surface area contributed by atoms with Gasteiger partial charge in [-0.3, -0.25) is 0 Å². The molecule has 0 saturated carbocycles. The van der Waals surface area contributed by atoms with Crippen LogP contribution in [0.4, 0.5) is 5.69 Å². The van der Waals surface area contributed by atoms with E-state index in [1.165, 1.54) is 17.7 Å². The van der Waals surface area contributed by atoms with Crippen molar-refractivity contribution in [3.63, 3.8) is 0 Å². The highest BCUT2D eigenvalue weighted by Gasteiger charge is 2.28. The molecule has 1 heterocycles. The second-order valence-electron chi connectivity index (χ2n) is 6.60. The minimum Gasteiger partial charge on any atom is -0.368 e. The summed E-state index contributed by atoms with van der Waals surface area (Å²) in [6.07, 6.45) is 1.27. The molecule has 0 aliphatic carbocycles. The molecular weight excluding hydrogens is 268 g/mol. The molecule has 1 aromatic carbocycles. The third-order valence-electron chi connectivity index (χ3n) is 4.04. The van der Waals surface area contributed by atoms with Gasteiger partial charge in [-0.05, 0) is 43.9 Å². The van der Waals surface area contributed by atoms with Crippen molar-refractivity contribution >= 4 is 17.3 Å². The summed E-state index contributed by atoms with van der Waals surface area (Å²) in [4.78, 5) is 2.52. The lowest BCUT2D eigenvalue weighted by Crippen LogP contribution is -2.29. The van der Waals surface area contributed by atoms with Gasteiger partial charge in [-0.25, -0.2) is 0 Å². The third-order valence-corrected chi connectivity index (χ3v) is 4.40. The van der Waals surface area contributed by atoms with Crippen LogP contribution in [0.1, 0.15) is 39.7 Å². The number of hydrogen-bond donors (Lipinski definition) is 1. The summed E-state index contributed by atoms with van der Waals surface area (Å²) >= 11 is 6.44. The average Bonchev–Trinajstić information content (AvgIpc) is 2.70. The Balaban J connectivity index is 2.18. The summed E-state index contributed by atoms with van der Waals surface area (Å²) < 4.78 is 0. The van der Waals surface area contributed by atoms with Crippen LogP contribution in [-0.2, 0) is 6.54 Å². The minimum atomic E-state index is 0.604. The SMILES string of the molecule is CC(C)CNCc1c(Cl)cccc1N1CC(C)CC1C. The predicted molar refractivity (Wildman–Crippen MR) is 88.6 cm³/mol. The molecule has 2 unspecified atom stereocenters. The maximum absolute atomic E-state index is 6.44. The molecule has 112 valence electrons. The highest BCUT2D eigenvalue weighted by atomic mass is 35.5. The molecule has 1 aromatic rings. The van der Waals surface area contributed by atoms with Crippen LogP contribution in [0.5, 0.6) is 0 Å². The van der Waals surface area contributed by atoms with E-state index in [0.717, 1.165) is 30.6 Å². The Morgan fingerprint density at radius 3 is 2.70 bits per heavy atom. The van der Waals surface area contributed by atoms with Crippen LogP contribution in [0.15, 0.2) is 18.2 Å². The predicted octanol–water partition coefficient (Wildman–Crippen LogP) is 4.32. The Kier molecular flexibility index (Phi) is 5.34. The number of nitrogens with one attached hydrogen (secondary N) is 1. The fourth-order valence-corrected chi connectivity index (χ4v) is 3.35. The topological polar surface area (TPSA) is 15.3 Å². The first-order valence-corrected chi connectivity index (χ1v) is 8.11. The molecule has 1 aliphatic rings. The van der Waals surface area contributed by atoms with Gasteiger partial charge in [-0.2, -0.15) is 0 Å². The van der Waals surface area contributed by atoms with Gasteiger partial charge in [0, 0.05) is 35.4 Å². The molecule has 0 aromatic heterocycles. The van der Waals surface area contributed by atoms with Gasteiger partial charge < -0.3 is 10.2 Å². The quantitative estimate of drug-likeness (QED) is 0.870. The van der Waals surface area contributed by atoms with Gasteiger partial charge >= 0.3 is 0 Å². The van der Waals surface area contributed by atoms with Crippen molar-refractivity contribution in [2.75, 3.05) is 18.0 Å². The highest BCUT2D eigenvalue weighted by Crippen LogP contribution is 2.34. The van der Waals surface area contributed by atoms with Crippen molar-refractivity contribution in [3.05, 3.63) is 28.8 Å². The van der Waals surface area contributed by atoms with Gasteiger partial charge in [0.2, 0.25) is 0 Å². The number of hydrogen-bond acceptors (Lipinski definition) is 2. The Morgan fingerprint density at radius 2 is 2.10 bits per heavy atom. The molecular formula is C17H27ClN2. The molecule has 0 radical (unpaired) electrons. The maximum Gasteiger partial charge on any atom is 0.0471 e. The van der Waals surface area contributed by atoms with Crippen LogP contribution >= 0.6 is 11.6 Å². The summed E-state index contributed by atoms with van der Waals surface area (Å²) in [6, 6.07) is 6.89. The van der Waals surface area contributed by atoms with Gasteiger partial charge in [0.05, 0.1) is 0 Å². The van der Waals surface area contributed by atoms with E-state index in [2.05, 4.69) is 50.0 Å². The van der Waals surface area contributed by atoms with Crippen LogP contribution in [0.25, 0.3) is 0 Å². The molecule has 0 spiro atoms. The molecule has 3 heteroatoms. The average molecular weight is 295 g/mol. The smallest absolute Gasteiger partial charge is 0.0471 e. The first kappa shape index (κ1) is 15.7. The van der Waals surface area contributed by atoms with Gasteiger partial charge in [0.1, 0.15) is 0 Å². The van der Waals surface area contributed by atoms with Crippen molar-refractivity contribution in [1.29, 1.82) is 0 Å². The second kappa shape index (κ2) is 6.82. The summed E-state index contributed by atoms with van der Waals surface area (Å²) in [6.45, 7) is 12.1. The zero-order valence-corrected chi connectivity index (χ0v) is 13.9. The summed E-state index contributed by atoms with van der Waals surface area (Å²) in [5.74, 6) is 1.42. The van der Waals surface area contributed by atoms with E-state index in [9.17, 15) is 0 Å². The number of halogens is 1. The molecule has 0 bridgehead atoms.